The quantitative estimate of drug-likeness (QED) is 0.505. The minimum absolute atomic E-state index is 0.0546. The maximum atomic E-state index is 14.3. The van der Waals surface area contributed by atoms with Gasteiger partial charge in [0.15, 0.2) is 0 Å². The fraction of sp³-hybridized carbons (Fsp3) is 0.280. The highest BCUT2D eigenvalue weighted by Gasteiger charge is 2.30. The minimum Gasteiger partial charge on any atom is -0.355 e. The molecule has 0 fully saturated rings. The molecule has 3 aromatic rings. The van der Waals surface area contributed by atoms with Gasteiger partial charge < -0.3 is 10.2 Å². The summed E-state index contributed by atoms with van der Waals surface area (Å²) in [6, 6.07) is 17.1. The number of nitrogens with one attached hydrogen (secondary N) is 1. The summed E-state index contributed by atoms with van der Waals surface area (Å²) in [6.45, 7) is 2.96. The molecule has 0 saturated heterocycles. The molecule has 0 aliphatic carbocycles. The summed E-state index contributed by atoms with van der Waals surface area (Å²) in [5.74, 6) is -1.54. The Morgan fingerprint density at radius 1 is 1.00 bits per heavy atom. The second-order valence-electron chi connectivity index (χ2n) is 7.95. The summed E-state index contributed by atoms with van der Waals surface area (Å²) in [7, 11) is -2.68. The maximum Gasteiger partial charge on any atom is 0.243 e. The average Bonchev–Trinajstić information content (AvgIpc) is 2.82. The van der Waals surface area contributed by atoms with E-state index in [0.29, 0.717) is 6.54 Å². The second kappa shape index (κ2) is 10.8. The predicted molar refractivity (Wildman–Crippen MR) is 129 cm³/mol. The van der Waals surface area contributed by atoms with Gasteiger partial charge in [-0.2, -0.15) is 4.31 Å². The zero-order chi connectivity index (χ0) is 24.9. The molecule has 9 heteroatoms. The number of sulfonamides is 1. The Hall–Kier alpha value is -3.30. The summed E-state index contributed by atoms with van der Waals surface area (Å²) < 4.78 is 41.6. The molecule has 3 aromatic carbocycles. The van der Waals surface area contributed by atoms with Crippen LogP contribution in [-0.4, -0.2) is 55.6 Å². The first-order chi connectivity index (χ1) is 16.1. The number of hydrogen-bond donors (Lipinski definition) is 1. The number of benzene rings is 3. The lowest BCUT2D eigenvalue weighted by Crippen LogP contribution is -2.50. The third kappa shape index (κ3) is 5.60. The average molecular weight is 486 g/mol. The zero-order valence-electron chi connectivity index (χ0n) is 19.4. The van der Waals surface area contributed by atoms with Gasteiger partial charge in [-0.3, -0.25) is 9.59 Å². The van der Waals surface area contributed by atoms with Gasteiger partial charge in [0.25, 0.3) is 0 Å². The van der Waals surface area contributed by atoms with E-state index in [-0.39, 0.29) is 17.0 Å². The Morgan fingerprint density at radius 3 is 2.32 bits per heavy atom. The fourth-order valence-corrected chi connectivity index (χ4v) is 4.74. The molecule has 0 spiro atoms. The summed E-state index contributed by atoms with van der Waals surface area (Å²) in [4.78, 5) is 26.9. The first-order valence-electron chi connectivity index (χ1n) is 10.9. The topological polar surface area (TPSA) is 86.8 Å². The molecule has 2 amide bonds. The van der Waals surface area contributed by atoms with E-state index >= 15 is 0 Å². The number of fused-ring (bicyclic) bond motifs is 1. The van der Waals surface area contributed by atoms with E-state index in [1.807, 2.05) is 24.3 Å². The Balaban J connectivity index is 1.86. The van der Waals surface area contributed by atoms with E-state index in [9.17, 15) is 22.4 Å². The zero-order valence-corrected chi connectivity index (χ0v) is 20.2. The van der Waals surface area contributed by atoms with Crippen molar-refractivity contribution in [3.8, 4) is 0 Å². The van der Waals surface area contributed by atoms with Crippen molar-refractivity contribution in [1.29, 1.82) is 0 Å². The largest absolute Gasteiger partial charge is 0.355 e. The third-order valence-corrected chi connectivity index (χ3v) is 7.40. The van der Waals surface area contributed by atoms with Crippen molar-refractivity contribution in [2.45, 2.75) is 31.3 Å². The fourth-order valence-electron chi connectivity index (χ4n) is 3.59. The minimum atomic E-state index is -3.99. The molecule has 1 atom stereocenters. The molecule has 3 rings (SSSR count). The van der Waals surface area contributed by atoms with E-state index in [4.69, 9.17) is 0 Å². The van der Waals surface area contributed by atoms with E-state index in [2.05, 4.69) is 5.32 Å². The monoisotopic (exact) mass is 485 g/mol. The van der Waals surface area contributed by atoms with Crippen LogP contribution in [0.5, 0.6) is 0 Å². The SMILES string of the molecule is CCNC(=O)C(C)N(Cc1ccccc1F)C(=O)CN(C)S(=O)(=O)c1ccc2ccccc2c1. The first-order valence-corrected chi connectivity index (χ1v) is 12.3. The van der Waals surface area contributed by atoms with Crippen LogP contribution in [0.1, 0.15) is 19.4 Å². The van der Waals surface area contributed by atoms with E-state index in [0.717, 1.165) is 15.1 Å². The molecule has 0 radical (unpaired) electrons. The van der Waals surface area contributed by atoms with Crippen molar-refractivity contribution in [2.75, 3.05) is 20.1 Å². The molecule has 0 saturated carbocycles. The Morgan fingerprint density at radius 2 is 1.65 bits per heavy atom. The lowest BCUT2D eigenvalue weighted by Gasteiger charge is -2.30. The molecular weight excluding hydrogens is 457 g/mol. The molecule has 0 heterocycles. The van der Waals surface area contributed by atoms with Crippen LogP contribution >= 0.6 is 0 Å². The lowest BCUT2D eigenvalue weighted by atomic mass is 10.1. The number of likely N-dealkylation sites (N-methyl/N-ethyl adjacent to an activating group) is 2. The highest BCUT2D eigenvalue weighted by atomic mass is 32.2. The molecule has 7 nitrogen and oxygen atoms in total. The smallest absolute Gasteiger partial charge is 0.243 e. The number of halogens is 1. The lowest BCUT2D eigenvalue weighted by molar-refractivity contribution is -0.140. The molecule has 1 N–H and O–H groups in total. The normalized spacial score (nSPS) is 12.5. The van der Waals surface area contributed by atoms with Crippen molar-refractivity contribution in [3.05, 3.63) is 78.1 Å². The summed E-state index contributed by atoms with van der Waals surface area (Å²) in [6.07, 6.45) is 0. The highest BCUT2D eigenvalue weighted by Crippen LogP contribution is 2.22. The molecular formula is C25H28FN3O4S. The van der Waals surface area contributed by atoms with Crippen molar-refractivity contribution in [3.63, 3.8) is 0 Å². The van der Waals surface area contributed by atoms with Crippen LogP contribution in [0.4, 0.5) is 4.39 Å². The van der Waals surface area contributed by atoms with Gasteiger partial charge >= 0.3 is 0 Å². The number of rotatable bonds is 9. The van der Waals surface area contributed by atoms with Gasteiger partial charge in [0.2, 0.25) is 21.8 Å². The molecule has 1 unspecified atom stereocenters. The van der Waals surface area contributed by atoms with Crippen LogP contribution < -0.4 is 5.32 Å². The van der Waals surface area contributed by atoms with Crippen LogP contribution in [0.15, 0.2) is 71.6 Å². The van der Waals surface area contributed by atoms with E-state index in [1.165, 1.54) is 43.1 Å². The summed E-state index contributed by atoms with van der Waals surface area (Å²) >= 11 is 0. The van der Waals surface area contributed by atoms with E-state index in [1.54, 1.807) is 25.1 Å². The standard InChI is InChI=1S/C25H28FN3O4S/c1-4-27-25(31)18(2)29(16-21-11-7-8-12-23(21)26)24(30)17-28(3)34(32,33)22-14-13-19-9-5-6-10-20(19)15-22/h5-15,18H,4,16-17H2,1-3H3,(H,27,31). The molecule has 180 valence electrons. The van der Waals surface area contributed by atoms with Gasteiger partial charge in [-0.1, -0.05) is 48.5 Å². The number of carbonyl (C=O) groups is 2. The van der Waals surface area contributed by atoms with Gasteiger partial charge in [-0.25, -0.2) is 12.8 Å². The van der Waals surface area contributed by atoms with Gasteiger partial charge in [0.1, 0.15) is 11.9 Å². The predicted octanol–water partition coefficient (Wildman–Crippen LogP) is 3.15. The first kappa shape index (κ1) is 25.3. The molecule has 34 heavy (non-hydrogen) atoms. The molecule has 0 aromatic heterocycles. The number of hydrogen-bond acceptors (Lipinski definition) is 4. The molecule has 0 aliphatic rings. The van der Waals surface area contributed by atoms with Gasteiger partial charge in [0, 0.05) is 25.7 Å². The number of nitrogens with zero attached hydrogens (tertiary/aromatic N) is 2. The number of amides is 2. The molecule has 0 aliphatic heterocycles. The van der Waals surface area contributed by atoms with Gasteiger partial charge in [-0.05, 0) is 42.8 Å². The third-order valence-electron chi connectivity index (χ3n) is 5.60. The summed E-state index contributed by atoms with van der Waals surface area (Å²) in [5.41, 5.74) is 0.229. The van der Waals surface area contributed by atoms with Gasteiger partial charge in [-0.15, -0.1) is 0 Å². The van der Waals surface area contributed by atoms with Crippen molar-refractivity contribution in [2.24, 2.45) is 0 Å². The van der Waals surface area contributed by atoms with Crippen molar-refractivity contribution in [1.82, 2.24) is 14.5 Å². The van der Waals surface area contributed by atoms with Crippen LogP contribution in [-0.2, 0) is 26.2 Å². The second-order valence-corrected chi connectivity index (χ2v) is 10.00. The van der Waals surface area contributed by atoms with Crippen molar-refractivity contribution < 1.29 is 22.4 Å². The van der Waals surface area contributed by atoms with Crippen LogP contribution in [0.2, 0.25) is 0 Å². The Labute approximate surface area is 199 Å². The Kier molecular flexibility index (Phi) is 8.01. The van der Waals surface area contributed by atoms with Crippen LogP contribution in [0, 0.1) is 5.82 Å². The maximum absolute atomic E-state index is 14.3. The van der Waals surface area contributed by atoms with Crippen LogP contribution in [0.25, 0.3) is 10.8 Å². The van der Waals surface area contributed by atoms with Crippen molar-refractivity contribution >= 4 is 32.6 Å². The summed E-state index contributed by atoms with van der Waals surface area (Å²) in [5, 5.41) is 4.30. The van der Waals surface area contributed by atoms with Gasteiger partial charge in [0.05, 0.1) is 11.4 Å². The van der Waals surface area contributed by atoms with E-state index < -0.39 is 40.2 Å². The van der Waals surface area contributed by atoms with Crippen LogP contribution in [0.3, 0.4) is 0 Å². The highest BCUT2D eigenvalue weighted by molar-refractivity contribution is 7.89. The molecule has 0 bridgehead atoms. The number of carbonyl (C=O) groups excluding carboxylic acids is 2. The Bertz CT molecular complexity index is 1300.